The van der Waals surface area contributed by atoms with Gasteiger partial charge < -0.3 is 10.3 Å². The molecule has 0 unspecified atom stereocenters. The summed E-state index contributed by atoms with van der Waals surface area (Å²) >= 11 is 6.11. The second-order valence-electron chi connectivity index (χ2n) is 5.79. The molecule has 0 saturated carbocycles. The SMILES string of the molecule is CC(C)(C)Cc1noc([C@H](N)c2ccccc2Cl)n1. The van der Waals surface area contributed by atoms with Crippen molar-refractivity contribution >= 4 is 11.6 Å². The van der Waals surface area contributed by atoms with Crippen LogP contribution in [-0.4, -0.2) is 10.1 Å². The van der Waals surface area contributed by atoms with Crippen molar-refractivity contribution in [2.75, 3.05) is 0 Å². The quantitative estimate of drug-likeness (QED) is 0.936. The molecule has 1 aromatic heterocycles. The van der Waals surface area contributed by atoms with E-state index in [0.717, 1.165) is 12.0 Å². The normalized spacial score (nSPS) is 13.5. The van der Waals surface area contributed by atoms with E-state index in [1.54, 1.807) is 6.07 Å². The van der Waals surface area contributed by atoms with Crippen molar-refractivity contribution in [1.82, 2.24) is 10.1 Å². The molecule has 2 aromatic rings. The van der Waals surface area contributed by atoms with Crippen molar-refractivity contribution in [1.29, 1.82) is 0 Å². The van der Waals surface area contributed by atoms with E-state index in [1.165, 1.54) is 0 Å². The number of hydrogen-bond donors (Lipinski definition) is 1. The van der Waals surface area contributed by atoms with Crippen LogP contribution in [0.15, 0.2) is 28.8 Å². The minimum Gasteiger partial charge on any atom is -0.337 e. The number of benzene rings is 1. The van der Waals surface area contributed by atoms with Crippen LogP contribution in [0.2, 0.25) is 5.02 Å². The first kappa shape index (κ1) is 14.0. The second-order valence-corrected chi connectivity index (χ2v) is 6.19. The molecule has 0 spiro atoms. The highest BCUT2D eigenvalue weighted by molar-refractivity contribution is 6.31. The summed E-state index contributed by atoms with van der Waals surface area (Å²) in [5.41, 5.74) is 7.01. The summed E-state index contributed by atoms with van der Waals surface area (Å²) < 4.78 is 5.24. The maximum atomic E-state index is 6.11. The van der Waals surface area contributed by atoms with Gasteiger partial charge in [-0.2, -0.15) is 4.98 Å². The molecule has 1 atom stereocenters. The summed E-state index contributed by atoms with van der Waals surface area (Å²) in [5, 5.41) is 4.57. The van der Waals surface area contributed by atoms with Crippen molar-refractivity contribution in [3.8, 4) is 0 Å². The predicted octanol–water partition coefficient (Wildman–Crippen LogP) is 3.36. The van der Waals surface area contributed by atoms with Gasteiger partial charge in [-0.25, -0.2) is 0 Å². The standard InChI is InChI=1S/C14H18ClN3O/c1-14(2,3)8-11-17-13(19-18-11)12(16)9-6-4-5-7-10(9)15/h4-7,12H,8,16H2,1-3H3/t12-/m1/s1. The van der Waals surface area contributed by atoms with Crippen molar-refractivity contribution in [3.63, 3.8) is 0 Å². The zero-order valence-corrected chi connectivity index (χ0v) is 12.1. The molecule has 0 bridgehead atoms. The Morgan fingerprint density at radius 1 is 1.32 bits per heavy atom. The highest BCUT2D eigenvalue weighted by atomic mass is 35.5. The molecule has 0 aliphatic carbocycles. The van der Waals surface area contributed by atoms with Gasteiger partial charge in [0.2, 0.25) is 5.89 Å². The van der Waals surface area contributed by atoms with Crippen LogP contribution < -0.4 is 5.73 Å². The topological polar surface area (TPSA) is 64.9 Å². The Morgan fingerprint density at radius 2 is 2.00 bits per heavy atom. The molecule has 0 amide bonds. The maximum absolute atomic E-state index is 6.11. The van der Waals surface area contributed by atoms with E-state index in [4.69, 9.17) is 21.9 Å². The first-order valence-electron chi connectivity index (χ1n) is 6.19. The Kier molecular flexibility index (Phi) is 3.92. The van der Waals surface area contributed by atoms with Gasteiger partial charge in [-0.3, -0.25) is 0 Å². The average Bonchev–Trinajstić information content (AvgIpc) is 2.75. The highest BCUT2D eigenvalue weighted by Crippen LogP contribution is 2.26. The van der Waals surface area contributed by atoms with Crippen LogP contribution in [0, 0.1) is 5.41 Å². The molecule has 1 heterocycles. The van der Waals surface area contributed by atoms with E-state index in [9.17, 15) is 0 Å². The summed E-state index contributed by atoms with van der Waals surface area (Å²) in [6.07, 6.45) is 0.742. The van der Waals surface area contributed by atoms with Gasteiger partial charge in [-0.05, 0) is 17.0 Å². The Balaban J connectivity index is 2.21. The number of halogens is 1. The molecule has 0 fully saturated rings. The third-order valence-corrected chi connectivity index (χ3v) is 3.02. The van der Waals surface area contributed by atoms with Crippen molar-refractivity contribution in [3.05, 3.63) is 46.6 Å². The van der Waals surface area contributed by atoms with Gasteiger partial charge in [-0.15, -0.1) is 0 Å². The van der Waals surface area contributed by atoms with Crippen LogP contribution in [0.5, 0.6) is 0 Å². The lowest BCUT2D eigenvalue weighted by Crippen LogP contribution is -2.14. The number of hydrogen-bond acceptors (Lipinski definition) is 4. The second kappa shape index (κ2) is 5.31. The van der Waals surface area contributed by atoms with Crippen LogP contribution in [-0.2, 0) is 6.42 Å². The minimum atomic E-state index is -0.491. The molecule has 0 saturated heterocycles. The Hall–Kier alpha value is -1.39. The van der Waals surface area contributed by atoms with Crippen LogP contribution >= 0.6 is 11.6 Å². The fourth-order valence-electron chi connectivity index (χ4n) is 1.80. The van der Waals surface area contributed by atoms with E-state index in [-0.39, 0.29) is 5.41 Å². The molecule has 19 heavy (non-hydrogen) atoms. The molecule has 2 rings (SSSR count). The van der Waals surface area contributed by atoms with Gasteiger partial charge >= 0.3 is 0 Å². The first-order valence-corrected chi connectivity index (χ1v) is 6.57. The minimum absolute atomic E-state index is 0.107. The zero-order valence-electron chi connectivity index (χ0n) is 11.4. The predicted molar refractivity (Wildman–Crippen MR) is 74.9 cm³/mol. The lowest BCUT2D eigenvalue weighted by molar-refractivity contribution is 0.348. The van der Waals surface area contributed by atoms with Crippen LogP contribution in [0.4, 0.5) is 0 Å². The molecule has 5 heteroatoms. The summed E-state index contributed by atoms with van der Waals surface area (Å²) in [7, 11) is 0. The Morgan fingerprint density at radius 3 is 2.63 bits per heavy atom. The monoisotopic (exact) mass is 279 g/mol. The van der Waals surface area contributed by atoms with E-state index >= 15 is 0 Å². The summed E-state index contributed by atoms with van der Waals surface area (Å²) in [6.45, 7) is 6.37. The van der Waals surface area contributed by atoms with Crippen LogP contribution in [0.3, 0.4) is 0 Å². The lowest BCUT2D eigenvalue weighted by atomic mass is 9.92. The molecule has 2 N–H and O–H groups in total. The van der Waals surface area contributed by atoms with Crippen molar-refractivity contribution < 1.29 is 4.52 Å². The third kappa shape index (κ3) is 3.55. The molecular weight excluding hydrogens is 262 g/mol. The molecule has 0 radical (unpaired) electrons. The smallest absolute Gasteiger partial charge is 0.248 e. The molecule has 0 aliphatic rings. The zero-order chi connectivity index (χ0) is 14.0. The summed E-state index contributed by atoms with van der Waals surface area (Å²) in [5.74, 6) is 1.07. The van der Waals surface area contributed by atoms with Gasteiger partial charge in [0.15, 0.2) is 5.82 Å². The van der Waals surface area contributed by atoms with Crippen LogP contribution in [0.1, 0.15) is 44.1 Å². The number of nitrogens with zero attached hydrogens (tertiary/aromatic N) is 2. The fraction of sp³-hybridized carbons (Fsp3) is 0.429. The largest absolute Gasteiger partial charge is 0.337 e. The Labute approximate surface area is 118 Å². The Bertz CT molecular complexity index is 560. The van der Waals surface area contributed by atoms with Gasteiger partial charge in [0.1, 0.15) is 6.04 Å². The molecule has 102 valence electrons. The highest BCUT2D eigenvalue weighted by Gasteiger charge is 2.21. The maximum Gasteiger partial charge on any atom is 0.248 e. The van der Waals surface area contributed by atoms with E-state index in [2.05, 4.69) is 30.9 Å². The van der Waals surface area contributed by atoms with Gasteiger partial charge in [-0.1, -0.05) is 55.7 Å². The van der Waals surface area contributed by atoms with Gasteiger partial charge in [0.05, 0.1) is 0 Å². The van der Waals surface area contributed by atoms with E-state index < -0.39 is 6.04 Å². The van der Waals surface area contributed by atoms with Gasteiger partial charge in [0, 0.05) is 11.4 Å². The lowest BCUT2D eigenvalue weighted by Gasteiger charge is -2.14. The number of rotatable bonds is 3. The van der Waals surface area contributed by atoms with Crippen LogP contribution in [0.25, 0.3) is 0 Å². The number of aromatic nitrogens is 2. The molecule has 0 aliphatic heterocycles. The van der Waals surface area contributed by atoms with Gasteiger partial charge in [0.25, 0.3) is 0 Å². The average molecular weight is 280 g/mol. The molecular formula is C14H18ClN3O. The van der Waals surface area contributed by atoms with E-state index in [1.807, 2.05) is 18.2 Å². The fourth-order valence-corrected chi connectivity index (χ4v) is 2.05. The first-order chi connectivity index (χ1) is 8.87. The summed E-state index contributed by atoms with van der Waals surface area (Å²) in [6, 6.07) is 6.91. The molecule has 1 aromatic carbocycles. The van der Waals surface area contributed by atoms with Crippen molar-refractivity contribution in [2.24, 2.45) is 11.1 Å². The third-order valence-electron chi connectivity index (χ3n) is 2.68. The van der Waals surface area contributed by atoms with Crippen molar-refractivity contribution in [2.45, 2.75) is 33.2 Å². The van der Waals surface area contributed by atoms with E-state index in [0.29, 0.717) is 16.7 Å². The molecule has 4 nitrogen and oxygen atoms in total. The number of nitrogens with two attached hydrogens (primary N) is 1. The summed E-state index contributed by atoms with van der Waals surface area (Å²) in [4.78, 5) is 4.35.